The van der Waals surface area contributed by atoms with Crippen molar-refractivity contribution in [3.8, 4) is 5.88 Å². The number of nitrogens with two attached hydrogens (primary N) is 1. The minimum atomic E-state index is -0.335. The van der Waals surface area contributed by atoms with E-state index in [-0.39, 0.29) is 16.9 Å². The molecule has 1 aromatic heterocycles. The normalized spacial score (nSPS) is 15.7. The zero-order chi connectivity index (χ0) is 14.3. The van der Waals surface area contributed by atoms with Gasteiger partial charge in [0.05, 0.1) is 10.2 Å². The van der Waals surface area contributed by atoms with Gasteiger partial charge in [-0.2, -0.15) is 4.98 Å². The average Bonchev–Trinajstić information content (AvgIpc) is 2.70. The third-order valence-corrected chi connectivity index (χ3v) is 3.80. The maximum Gasteiger partial charge on any atom is 0.277 e. The Balaban J connectivity index is 2.18. The van der Waals surface area contributed by atoms with Gasteiger partial charge >= 0.3 is 0 Å². The van der Waals surface area contributed by atoms with Crippen molar-refractivity contribution >= 4 is 34.5 Å². The lowest BCUT2D eigenvalue weighted by Gasteiger charge is -2.04. The van der Waals surface area contributed by atoms with Crippen molar-refractivity contribution < 1.29 is 9.90 Å². The number of benzene rings is 1. The molecule has 0 unspecified atom stereocenters. The SMILES string of the molecule is Cc1cccc2c1=NC(=O)C(=Cc1sc(N)nc1O)C=2. The smallest absolute Gasteiger partial charge is 0.277 e. The number of para-hydroxylation sites is 1. The first-order valence-corrected chi connectivity index (χ1v) is 6.73. The number of thiazole rings is 1. The summed E-state index contributed by atoms with van der Waals surface area (Å²) in [5.74, 6) is -0.505. The molecule has 0 aliphatic carbocycles. The summed E-state index contributed by atoms with van der Waals surface area (Å²) in [6.07, 6.45) is 3.31. The van der Waals surface area contributed by atoms with E-state index in [1.54, 1.807) is 12.2 Å². The lowest BCUT2D eigenvalue weighted by Crippen LogP contribution is -2.32. The number of aryl methyl sites for hydroxylation is 1. The van der Waals surface area contributed by atoms with Gasteiger partial charge in [-0.05, 0) is 24.6 Å². The summed E-state index contributed by atoms with van der Waals surface area (Å²) in [4.78, 5) is 20.3. The number of rotatable bonds is 1. The highest BCUT2D eigenvalue weighted by molar-refractivity contribution is 7.16. The summed E-state index contributed by atoms with van der Waals surface area (Å²) in [5, 5.41) is 11.4. The van der Waals surface area contributed by atoms with Crippen molar-refractivity contribution in [3.63, 3.8) is 0 Å². The van der Waals surface area contributed by atoms with Crippen molar-refractivity contribution in [1.82, 2.24) is 4.98 Å². The third kappa shape index (κ3) is 2.10. The van der Waals surface area contributed by atoms with Crippen LogP contribution in [-0.4, -0.2) is 16.0 Å². The minimum Gasteiger partial charge on any atom is -0.492 e. The van der Waals surface area contributed by atoms with Crippen LogP contribution in [0.25, 0.3) is 12.2 Å². The molecule has 2 heterocycles. The Morgan fingerprint density at radius 3 is 2.90 bits per heavy atom. The fraction of sp³-hybridized carbons (Fsp3) is 0.0714. The number of aromatic hydroxyl groups is 1. The van der Waals surface area contributed by atoms with Gasteiger partial charge in [-0.15, -0.1) is 0 Å². The van der Waals surface area contributed by atoms with E-state index < -0.39 is 0 Å². The second-order valence-corrected chi connectivity index (χ2v) is 5.48. The van der Waals surface area contributed by atoms with E-state index in [0.717, 1.165) is 22.1 Å². The van der Waals surface area contributed by atoms with Crippen molar-refractivity contribution in [3.05, 3.63) is 44.8 Å². The number of carbonyl (C=O) groups excluding carboxylic acids is 1. The molecule has 1 aliphatic rings. The summed E-state index contributed by atoms with van der Waals surface area (Å²) in [5.41, 5.74) is 6.87. The number of fused-ring (bicyclic) bond motifs is 1. The molecule has 1 aromatic carbocycles. The highest BCUT2D eigenvalue weighted by atomic mass is 32.1. The van der Waals surface area contributed by atoms with Gasteiger partial charge in [0.1, 0.15) is 0 Å². The maximum absolute atomic E-state index is 12.0. The van der Waals surface area contributed by atoms with Gasteiger partial charge in [-0.3, -0.25) is 4.79 Å². The quantitative estimate of drug-likeness (QED) is 0.757. The summed E-state index contributed by atoms with van der Waals surface area (Å²) in [6.45, 7) is 1.91. The monoisotopic (exact) mass is 285 g/mol. The molecule has 3 rings (SSSR count). The van der Waals surface area contributed by atoms with Gasteiger partial charge in [0.15, 0.2) is 5.13 Å². The minimum absolute atomic E-state index is 0.170. The Kier molecular flexibility index (Phi) is 2.87. The van der Waals surface area contributed by atoms with Gasteiger partial charge in [0.2, 0.25) is 5.88 Å². The summed E-state index contributed by atoms with van der Waals surface area (Å²) in [7, 11) is 0. The largest absolute Gasteiger partial charge is 0.492 e. The van der Waals surface area contributed by atoms with Gasteiger partial charge in [-0.1, -0.05) is 29.5 Å². The van der Waals surface area contributed by atoms with E-state index in [9.17, 15) is 9.90 Å². The number of nitrogens with zero attached hydrogens (tertiary/aromatic N) is 2. The molecular formula is C14H11N3O2S. The van der Waals surface area contributed by atoms with Gasteiger partial charge in [0, 0.05) is 10.8 Å². The second kappa shape index (κ2) is 4.57. The van der Waals surface area contributed by atoms with Crippen LogP contribution in [0.2, 0.25) is 0 Å². The molecule has 20 heavy (non-hydrogen) atoms. The average molecular weight is 285 g/mol. The van der Waals surface area contributed by atoms with Crippen LogP contribution in [0.15, 0.2) is 28.8 Å². The van der Waals surface area contributed by atoms with Crippen molar-refractivity contribution in [2.24, 2.45) is 4.99 Å². The summed E-state index contributed by atoms with van der Waals surface area (Å²) in [6, 6.07) is 5.72. The standard InChI is InChI=1S/C14H11N3O2S/c1-7-3-2-4-8-5-9(12(18)16-11(7)8)6-10-13(19)17-14(15)20-10/h2-6,19H,1H3,(H2,15,17). The van der Waals surface area contributed by atoms with Gasteiger partial charge in [-0.25, -0.2) is 4.99 Å². The first-order valence-electron chi connectivity index (χ1n) is 5.92. The number of nitrogen functional groups attached to an aromatic ring is 1. The Morgan fingerprint density at radius 2 is 2.20 bits per heavy atom. The highest BCUT2D eigenvalue weighted by Gasteiger charge is 2.14. The fourth-order valence-electron chi connectivity index (χ4n) is 2.03. The fourth-order valence-corrected chi connectivity index (χ4v) is 2.71. The van der Waals surface area contributed by atoms with E-state index in [1.807, 2.05) is 25.1 Å². The number of aromatic nitrogens is 1. The van der Waals surface area contributed by atoms with Gasteiger partial charge in [0.25, 0.3) is 5.91 Å². The van der Waals surface area contributed by atoms with E-state index in [0.29, 0.717) is 15.8 Å². The summed E-state index contributed by atoms with van der Waals surface area (Å²) >= 11 is 1.12. The first kappa shape index (κ1) is 12.6. The molecule has 1 amide bonds. The van der Waals surface area contributed by atoms with Crippen LogP contribution in [0.5, 0.6) is 5.88 Å². The van der Waals surface area contributed by atoms with Crippen LogP contribution in [0.4, 0.5) is 5.13 Å². The number of amides is 1. The van der Waals surface area contributed by atoms with Crippen LogP contribution in [0.3, 0.4) is 0 Å². The Labute approximate surface area is 118 Å². The second-order valence-electron chi connectivity index (χ2n) is 4.41. The molecule has 5 nitrogen and oxygen atoms in total. The molecular weight excluding hydrogens is 274 g/mol. The lowest BCUT2D eigenvalue weighted by atomic mass is 10.1. The summed E-state index contributed by atoms with van der Waals surface area (Å²) < 4.78 is 0. The molecule has 0 spiro atoms. The molecule has 3 N–H and O–H groups in total. The molecule has 2 aromatic rings. The van der Waals surface area contributed by atoms with E-state index in [4.69, 9.17) is 5.73 Å². The maximum atomic E-state index is 12.0. The lowest BCUT2D eigenvalue weighted by molar-refractivity contribution is -0.114. The Morgan fingerprint density at radius 1 is 1.40 bits per heavy atom. The van der Waals surface area contributed by atoms with E-state index >= 15 is 0 Å². The van der Waals surface area contributed by atoms with Crippen molar-refractivity contribution in [1.29, 1.82) is 0 Å². The van der Waals surface area contributed by atoms with Crippen LogP contribution in [0, 0.1) is 6.92 Å². The Bertz CT molecular complexity index is 865. The zero-order valence-electron chi connectivity index (χ0n) is 10.6. The van der Waals surface area contributed by atoms with E-state index in [2.05, 4.69) is 9.98 Å². The van der Waals surface area contributed by atoms with Gasteiger partial charge < -0.3 is 10.8 Å². The van der Waals surface area contributed by atoms with Crippen LogP contribution >= 0.6 is 11.3 Å². The van der Waals surface area contributed by atoms with Crippen molar-refractivity contribution in [2.75, 3.05) is 5.73 Å². The predicted molar refractivity (Wildman–Crippen MR) is 77.6 cm³/mol. The predicted octanol–water partition coefficient (Wildman–Crippen LogP) is 0.763. The molecule has 0 bridgehead atoms. The van der Waals surface area contributed by atoms with Crippen molar-refractivity contribution in [2.45, 2.75) is 6.92 Å². The van der Waals surface area contributed by atoms with Crippen LogP contribution in [0.1, 0.15) is 10.4 Å². The van der Waals surface area contributed by atoms with Crippen LogP contribution in [-0.2, 0) is 4.79 Å². The molecule has 0 radical (unpaired) electrons. The topological polar surface area (TPSA) is 88.6 Å². The number of hydrogen-bond acceptors (Lipinski definition) is 5. The molecule has 0 saturated carbocycles. The molecule has 0 fully saturated rings. The number of hydrogen-bond donors (Lipinski definition) is 2. The van der Waals surface area contributed by atoms with Crippen LogP contribution < -0.4 is 16.3 Å². The molecule has 6 heteroatoms. The van der Waals surface area contributed by atoms with E-state index in [1.165, 1.54) is 0 Å². The molecule has 0 saturated heterocycles. The first-order chi connectivity index (χ1) is 9.54. The number of anilines is 1. The third-order valence-electron chi connectivity index (χ3n) is 2.98. The zero-order valence-corrected chi connectivity index (χ0v) is 11.4. The highest BCUT2D eigenvalue weighted by Crippen LogP contribution is 2.28. The number of carbonyl (C=O) groups is 1. The molecule has 0 atom stereocenters. The molecule has 100 valence electrons. The Hall–Kier alpha value is -2.47. The molecule has 1 aliphatic heterocycles.